The van der Waals surface area contributed by atoms with Gasteiger partial charge in [-0.3, -0.25) is 0 Å². The molecular weight excluding hydrogens is 226 g/mol. The number of hydrogen-bond donors (Lipinski definition) is 1. The van der Waals surface area contributed by atoms with E-state index in [0.717, 1.165) is 0 Å². The maximum Gasteiger partial charge on any atom is 0.229 e. The molecule has 6 heteroatoms. The Morgan fingerprint density at radius 2 is 2.25 bits per heavy atom. The maximum absolute atomic E-state index is 9.53. The maximum atomic E-state index is 9.53. The Hall–Kier alpha value is -1.95. The van der Waals surface area contributed by atoms with Crippen LogP contribution in [-0.2, 0) is 0 Å². The first-order valence-electron chi connectivity index (χ1n) is 4.48. The Morgan fingerprint density at radius 1 is 1.38 bits per heavy atom. The van der Waals surface area contributed by atoms with E-state index in [1.807, 2.05) is 0 Å². The summed E-state index contributed by atoms with van der Waals surface area (Å²) in [5.41, 5.74) is 0.356. The van der Waals surface area contributed by atoms with Crippen LogP contribution >= 0.6 is 11.3 Å². The van der Waals surface area contributed by atoms with Crippen molar-refractivity contribution in [2.75, 3.05) is 7.11 Å². The van der Waals surface area contributed by atoms with Crippen molar-refractivity contribution in [1.82, 2.24) is 4.98 Å². The van der Waals surface area contributed by atoms with Crippen molar-refractivity contribution in [3.8, 4) is 11.5 Å². The minimum absolute atomic E-state index is 0.0566. The van der Waals surface area contributed by atoms with E-state index in [4.69, 9.17) is 4.74 Å². The van der Waals surface area contributed by atoms with E-state index in [9.17, 15) is 5.11 Å². The molecule has 1 aromatic heterocycles. The molecule has 0 aliphatic heterocycles. The highest BCUT2D eigenvalue weighted by molar-refractivity contribution is 7.13. The first kappa shape index (κ1) is 10.6. The number of phenols is 1. The summed E-state index contributed by atoms with van der Waals surface area (Å²) >= 11 is 1.37. The van der Waals surface area contributed by atoms with Crippen molar-refractivity contribution >= 4 is 22.2 Å². The lowest BCUT2D eigenvalue weighted by atomic mass is 10.3. The summed E-state index contributed by atoms with van der Waals surface area (Å²) in [7, 11) is 1.55. The Bertz CT molecular complexity index is 497. The predicted molar refractivity (Wildman–Crippen MR) is 60.9 cm³/mol. The smallest absolute Gasteiger partial charge is 0.229 e. The fraction of sp³-hybridized carbons (Fsp3) is 0.100. The van der Waals surface area contributed by atoms with Crippen molar-refractivity contribution in [2.45, 2.75) is 0 Å². The molecule has 0 atom stereocenters. The average Bonchev–Trinajstić information content (AvgIpc) is 2.81. The molecule has 0 amide bonds. The molecule has 1 N–H and O–H groups in total. The van der Waals surface area contributed by atoms with E-state index >= 15 is 0 Å². The molecule has 0 fully saturated rings. The molecular formula is C10H9N3O2S. The molecule has 1 heterocycles. The standard InChI is InChI=1S/C10H9N3O2S/c1-15-7-2-3-9(14)8(6-7)12-13-10-11-4-5-16-10/h2-6,14H,1H3. The number of methoxy groups -OCH3 is 1. The van der Waals surface area contributed by atoms with Crippen LogP contribution in [0, 0.1) is 0 Å². The van der Waals surface area contributed by atoms with Gasteiger partial charge in [-0.25, -0.2) is 4.98 Å². The molecule has 1 aromatic carbocycles. The summed E-state index contributed by atoms with van der Waals surface area (Å²) < 4.78 is 5.02. The van der Waals surface area contributed by atoms with Crippen LogP contribution in [0.2, 0.25) is 0 Å². The minimum atomic E-state index is 0.0566. The summed E-state index contributed by atoms with van der Waals surface area (Å²) in [5, 5.41) is 19.7. The zero-order chi connectivity index (χ0) is 11.4. The SMILES string of the molecule is COc1ccc(O)c(N=Nc2nccs2)c1. The van der Waals surface area contributed by atoms with Gasteiger partial charge in [0, 0.05) is 17.6 Å². The van der Waals surface area contributed by atoms with E-state index in [1.54, 1.807) is 30.8 Å². The number of ether oxygens (including phenoxy) is 1. The van der Waals surface area contributed by atoms with E-state index in [-0.39, 0.29) is 5.75 Å². The van der Waals surface area contributed by atoms with Crippen LogP contribution in [0.4, 0.5) is 10.8 Å². The van der Waals surface area contributed by atoms with Crippen LogP contribution in [0.5, 0.6) is 11.5 Å². The van der Waals surface area contributed by atoms with E-state index in [1.165, 1.54) is 17.4 Å². The summed E-state index contributed by atoms with van der Waals surface area (Å²) in [4.78, 5) is 3.95. The summed E-state index contributed by atoms with van der Waals surface area (Å²) in [6, 6.07) is 4.76. The predicted octanol–water partition coefficient (Wildman–Crippen LogP) is 3.27. The second-order valence-corrected chi connectivity index (χ2v) is 3.74. The van der Waals surface area contributed by atoms with E-state index < -0.39 is 0 Å². The van der Waals surface area contributed by atoms with Gasteiger partial charge in [0.05, 0.1) is 7.11 Å². The summed E-state index contributed by atoms with van der Waals surface area (Å²) in [6.07, 6.45) is 1.64. The van der Waals surface area contributed by atoms with Gasteiger partial charge in [-0.05, 0) is 12.1 Å². The zero-order valence-electron chi connectivity index (χ0n) is 8.49. The van der Waals surface area contributed by atoms with Crippen LogP contribution in [-0.4, -0.2) is 17.2 Å². The normalized spacial score (nSPS) is 10.8. The summed E-state index contributed by atoms with van der Waals surface area (Å²) in [6.45, 7) is 0. The highest BCUT2D eigenvalue weighted by Gasteiger charge is 2.02. The molecule has 0 saturated carbocycles. The van der Waals surface area contributed by atoms with Gasteiger partial charge in [-0.1, -0.05) is 0 Å². The molecule has 2 rings (SSSR count). The Morgan fingerprint density at radius 3 is 2.94 bits per heavy atom. The number of nitrogens with zero attached hydrogens (tertiary/aromatic N) is 3. The largest absolute Gasteiger partial charge is 0.506 e. The first-order chi connectivity index (χ1) is 7.79. The van der Waals surface area contributed by atoms with Crippen LogP contribution in [0.15, 0.2) is 40.0 Å². The molecule has 0 radical (unpaired) electrons. The second-order valence-electron chi connectivity index (χ2n) is 2.87. The molecule has 0 aliphatic carbocycles. The summed E-state index contributed by atoms with van der Waals surface area (Å²) in [5.74, 6) is 0.673. The third-order valence-corrected chi connectivity index (χ3v) is 2.50. The van der Waals surface area contributed by atoms with Crippen LogP contribution < -0.4 is 4.74 Å². The Balaban J connectivity index is 2.26. The van der Waals surface area contributed by atoms with Crippen LogP contribution in [0.1, 0.15) is 0 Å². The fourth-order valence-corrected chi connectivity index (χ4v) is 1.53. The number of azo groups is 1. The lowest BCUT2D eigenvalue weighted by Crippen LogP contribution is -1.80. The highest BCUT2D eigenvalue weighted by Crippen LogP contribution is 2.31. The molecule has 82 valence electrons. The highest BCUT2D eigenvalue weighted by atomic mass is 32.1. The first-order valence-corrected chi connectivity index (χ1v) is 5.36. The molecule has 0 saturated heterocycles. The average molecular weight is 235 g/mol. The van der Waals surface area contributed by atoms with Gasteiger partial charge < -0.3 is 9.84 Å². The zero-order valence-corrected chi connectivity index (χ0v) is 9.31. The molecule has 5 nitrogen and oxygen atoms in total. The van der Waals surface area contributed by atoms with Gasteiger partial charge in [0.15, 0.2) is 0 Å². The number of rotatable bonds is 3. The second kappa shape index (κ2) is 4.71. The van der Waals surface area contributed by atoms with Crippen molar-refractivity contribution in [3.63, 3.8) is 0 Å². The van der Waals surface area contributed by atoms with Gasteiger partial charge in [0.25, 0.3) is 0 Å². The van der Waals surface area contributed by atoms with Crippen molar-refractivity contribution in [1.29, 1.82) is 0 Å². The molecule has 0 aliphatic rings. The third-order valence-electron chi connectivity index (χ3n) is 1.85. The monoisotopic (exact) mass is 235 g/mol. The molecule has 0 spiro atoms. The molecule has 16 heavy (non-hydrogen) atoms. The van der Waals surface area contributed by atoms with Crippen LogP contribution in [0.3, 0.4) is 0 Å². The quantitative estimate of drug-likeness (QED) is 0.830. The van der Waals surface area contributed by atoms with Gasteiger partial charge in [-0.2, -0.15) is 0 Å². The van der Waals surface area contributed by atoms with E-state index in [0.29, 0.717) is 16.6 Å². The molecule has 0 unspecified atom stereocenters. The Kier molecular flexibility index (Phi) is 3.11. The van der Waals surface area contributed by atoms with Crippen molar-refractivity contribution in [3.05, 3.63) is 29.8 Å². The minimum Gasteiger partial charge on any atom is -0.506 e. The fourth-order valence-electron chi connectivity index (χ4n) is 1.07. The number of thiazole rings is 1. The molecule has 0 bridgehead atoms. The number of aromatic nitrogens is 1. The number of benzene rings is 1. The number of hydrogen-bond acceptors (Lipinski definition) is 6. The lowest BCUT2D eigenvalue weighted by molar-refractivity contribution is 0.412. The van der Waals surface area contributed by atoms with Crippen LogP contribution in [0.25, 0.3) is 0 Å². The van der Waals surface area contributed by atoms with Gasteiger partial charge in [0.2, 0.25) is 5.13 Å². The van der Waals surface area contributed by atoms with Crippen molar-refractivity contribution < 1.29 is 9.84 Å². The topological polar surface area (TPSA) is 67.1 Å². The van der Waals surface area contributed by atoms with Gasteiger partial charge >= 0.3 is 0 Å². The number of aromatic hydroxyl groups is 1. The van der Waals surface area contributed by atoms with E-state index in [2.05, 4.69) is 15.2 Å². The number of phenolic OH excluding ortho intramolecular Hbond substituents is 1. The van der Waals surface area contributed by atoms with Crippen molar-refractivity contribution in [2.24, 2.45) is 10.2 Å². The Labute approximate surface area is 96.1 Å². The van der Waals surface area contributed by atoms with Gasteiger partial charge in [0.1, 0.15) is 17.2 Å². The third kappa shape index (κ3) is 2.34. The lowest BCUT2D eigenvalue weighted by Gasteiger charge is -2.01. The van der Waals surface area contributed by atoms with Gasteiger partial charge in [-0.15, -0.1) is 21.6 Å². The molecule has 2 aromatic rings.